The van der Waals surface area contributed by atoms with Gasteiger partial charge in [0.15, 0.2) is 11.6 Å². The fraction of sp³-hybridized carbons (Fsp3) is 0.636. The van der Waals surface area contributed by atoms with Crippen molar-refractivity contribution < 1.29 is 4.79 Å². The summed E-state index contributed by atoms with van der Waals surface area (Å²) in [6, 6.07) is 2.05. The number of hydrogen-bond acceptors (Lipinski definition) is 6. The van der Waals surface area contributed by atoms with Gasteiger partial charge >= 0.3 is 0 Å². The van der Waals surface area contributed by atoms with Crippen molar-refractivity contribution in [2.45, 2.75) is 83.1 Å². The molecule has 0 aromatic carbocycles. The van der Waals surface area contributed by atoms with Crippen molar-refractivity contribution in [3.05, 3.63) is 23.0 Å². The number of carbonyl (C=O) groups excluding carboxylic acids is 1. The first kappa shape index (κ1) is 18.6. The summed E-state index contributed by atoms with van der Waals surface area (Å²) in [5, 5.41) is 11.2. The molecule has 2 fully saturated rings. The molecule has 2 aliphatic carbocycles. The molecule has 0 radical (unpaired) electrons. The van der Waals surface area contributed by atoms with E-state index in [9.17, 15) is 4.79 Å². The first-order chi connectivity index (χ1) is 14.2. The Morgan fingerprint density at radius 2 is 1.97 bits per heavy atom. The molecule has 5 rings (SSSR count). The van der Waals surface area contributed by atoms with Crippen molar-refractivity contribution in [1.82, 2.24) is 20.2 Å². The number of nitrogens with one attached hydrogen (secondary N) is 2. The Bertz CT molecular complexity index is 901. The normalized spacial score (nSPS) is 22.1. The summed E-state index contributed by atoms with van der Waals surface area (Å²) < 4.78 is 0. The number of aromatic amines is 1. The highest BCUT2D eigenvalue weighted by atomic mass is 16.1. The second-order valence-corrected chi connectivity index (χ2v) is 8.78. The average Bonchev–Trinajstić information content (AvgIpc) is 3.48. The number of aryl methyl sites for hydroxylation is 1. The number of hydrogen-bond donors (Lipinski definition) is 2. The summed E-state index contributed by atoms with van der Waals surface area (Å²) in [4.78, 5) is 23.9. The predicted octanol–water partition coefficient (Wildman–Crippen LogP) is 4.04. The molecule has 2 aromatic heterocycles. The Morgan fingerprint density at radius 1 is 1.10 bits per heavy atom. The lowest BCUT2D eigenvalue weighted by molar-refractivity contribution is -0.118. The molecule has 1 atom stereocenters. The van der Waals surface area contributed by atoms with Crippen molar-refractivity contribution >= 4 is 23.4 Å². The van der Waals surface area contributed by atoms with Gasteiger partial charge in [-0.2, -0.15) is 10.1 Å². The van der Waals surface area contributed by atoms with Crippen molar-refractivity contribution in [2.75, 3.05) is 16.8 Å². The molecule has 1 aliphatic heterocycles. The van der Waals surface area contributed by atoms with Gasteiger partial charge in [-0.05, 0) is 51.9 Å². The van der Waals surface area contributed by atoms with Gasteiger partial charge in [-0.15, -0.1) is 0 Å². The Hall–Kier alpha value is -2.44. The zero-order chi connectivity index (χ0) is 19.8. The van der Waals surface area contributed by atoms with E-state index in [-0.39, 0.29) is 11.8 Å². The van der Waals surface area contributed by atoms with Crippen LogP contribution in [0.2, 0.25) is 0 Å². The Morgan fingerprint density at radius 3 is 2.79 bits per heavy atom. The zero-order valence-corrected chi connectivity index (χ0v) is 17.2. The molecule has 3 aliphatic rings. The Kier molecular flexibility index (Phi) is 4.97. The van der Waals surface area contributed by atoms with Crippen LogP contribution in [0.15, 0.2) is 6.07 Å². The van der Waals surface area contributed by atoms with Gasteiger partial charge in [-0.1, -0.05) is 19.3 Å². The zero-order valence-electron chi connectivity index (χ0n) is 17.2. The topological polar surface area (TPSA) is 86.8 Å². The fourth-order valence-electron chi connectivity index (χ4n) is 5.22. The molecule has 0 spiro atoms. The van der Waals surface area contributed by atoms with Crippen molar-refractivity contribution in [2.24, 2.45) is 0 Å². The molecule has 2 N–H and O–H groups in total. The van der Waals surface area contributed by atoms with E-state index in [2.05, 4.69) is 26.5 Å². The summed E-state index contributed by atoms with van der Waals surface area (Å²) in [5.74, 6) is 3.17. The SMILES string of the molecule is CC(=O)C1CCCN1c1nc2c(c(Nc3cc(C4CCCCC4)[nH]n3)n1)CCC2. The molecule has 2 aromatic rings. The van der Waals surface area contributed by atoms with Crippen LogP contribution in [-0.4, -0.2) is 38.5 Å². The van der Waals surface area contributed by atoms with E-state index in [1.54, 1.807) is 6.92 Å². The van der Waals surface area contributed by atoms with Crippen molar-refractivity contribution in [3.63, 3.8) is 0 Å². The first-order valence-electron chi connectivity index (χ1n) is 11.2. The molecule has 154 valence electrons. The van der Waals surface area contributed by atoms with Crippen LogP contribution in [0.5, 0.6) is 0 Å². The van der Waals surface area contributed by atoms with Gasteiger partial charge in [0.05, 0.1) is 11.7 Å². The summed E-state index contributed by atoms with van der Waals surface area (Å²) in [6.07, 6.45) is 11.4. The molecule has 1 saturated carbocycles. The van der Waals surface area contributed by atoms with Crippen LogP contribution in [0.4, 0.5) is 17.6 Å². The quantitative estimate of drug-likeness (QED) is 0.796. The van der Waals surface area contributed by atoms with Crippen LogP contribution in [-0.2, 0) is 17.6 Å². The molecule has 7 heteroatoms. The highest BCUT2D eigenvalue weighted by molar-refractivity contribution is 5.85. The molecule has 3 heterocycles. The third-order valence-corrected chi connectivity index (χ3v) is 6.79. The number of anilines is 3. The summed E-state index contributed by atoms with van der Waals surface area (Å²) >= 11 is 0. The lowest BCUT2D eigenvalue weighted by atomic mass is 9.87. The van der Waals surface area contributed by atoms with Gasteiger partial charge in [-0.3, -0.25) is 9.89 Å². The Labute approximate surface area is 171 Å². The maximum Gasteiger partial charge on any atom is 0.228 e. The van der Waals surface area contributed by atoms with Crippen LogP contribution < -0.4 is 10.2 Å². The minimum atomic E-state index is -0.0920. The van der Waals surface area contributed by atoms with Crippen molar-refractivity contribution in [1.29, 1.82) is 0 Å². The fourth-order valence-corrected chi connectivity index (χ4v) is 5.22. The van der Waals surface area contributed by atoms with Gasteiger partial charge in [-0.25, -0.2) is 4.98 Å². The number of H-pyrrole nitrogens is 1. The molecular weight excluding hydrogens is 364 g/mol. The molecule has 7 nitrogen and oxygen atoms in total. The minimum Gasteiger partial charge on any atom is -0.331 e. The van der Waals surface area contributed by atoms with E-state index < -0.39 is 0 Å². The third-order valence-electron chi connectivity index (χ3n) is 6.79. The van der Waals surface area contributed by atoms with E-state index in [0.29, 0.717) is 11.9 Å². The molecule has 1 saturated heterocycles. The van der Waals surface area contributed by atoms with E-state index in [0.717, 1.165) is 56.0 Å². The monoisotopic (exact) mass is 394 g/mol. The number of Topliss-reactive ketones (excluding diaryl/α,β-unsaturated/α-hetero) is 1. The number of rotatable bonds is 5. The molecule has 1 unspecified atom stereocenters. The van der Waals surface area contributed by atoms with Gasteiger partial charge < -0.3 is 10.2 Å². The second-order valence-electron chi connectivity index (χ2n) is 8.78. The molecular formula is C22H30N6O. The van der Waals surface area contributed by atoms with Crippen LogP contribution >= 0.6 is 0 Å². The van der Waals surface area contributed by atoms with Crippen LogP contribution in [0.3, 0.4) is 0 Å². The van der Waals surface area contributed by atoms with E-state index in [4.69, 9.17) is 9.97 Å². The van der Waals surface area contributed by atoms with Crippen molar-refractivity contribution in [3.8, 4) is 0 Å². The number of carbonyl (C=O) groups is 1. The first-order valence-corrected chi connectivity index (χ1v) is 11.2. The number of aromatic nitrogens is 4. The van der Waals surface area contributed by atoms with Gasteiger partial charge in [0.1, 0.15) is 5.82 Å². The van der Waals surface area contributed by atoms with E-state index in [1.807, 2.05) is 0 Å². The predicted molar refractivity (Wildman–Crippen MR) is 113 cm³/mol. The summed E-state index contributed by atoms with van der Waals surface area (Å²) in [7, 11) is 0. The number of ketones is 1. The summed E-state index contributed by atoms with van der Waals surface area (Å²) in [5.41, 5.74) is 3.55. The molecule has 0 amide bonds. The standard InChI is InChI=1S/C22H30N6O/c1-14(29)19-11-6-12-28(19)22-23-17-10-5-9-16(17)21(25-22)24-20-13-18(26-27-20)15-7-3-2-4-8-15/h13,15,19H,2-12H2,1H3,(H2,23,24,25,26,27). The van der Waals surface area contributed by atoms with Crippen LogP contribution in [0.25, 0.3) is 0 Å². The highest BCUT2D eigenvalue weighted by Gasteiger charge is 2.32. The number of nitrogens with zero attached hydrogens (tertiary/aromatic N) is 4. The third kappa shape index (κ3) is 3.63. The van der Waals surface area contributed by atoms with E-state index >= 15 is 0 Å². The molecule has 29 heavy (non-hydrogen) atoms. The summed E-state index contributed by atoms with van der Waals surface area (Å²) in [6.45, 7) is 2.52. The minimum absolute atomic E-state index is 0.0920. The number of fused-ring (bicyclic) bond motifs is 1. The van der Waals surface area contributed by atoms with Gasteiger partial charge in [0, 0.05) is 29.8 Å². The van der Waals surface area contributed by atoms with Gasteiger partial charge in [0.25, 0.3) is 0 Å². The lowest BCUT2D eigenvalue weighted by Gasteiger charge is -2.24. The smallest absolute Gasteiger partial charge is 0.228 e. The lowest BCUT2D eigenvalue weighted by Crippen LogP contribution is -2.36. The Balaban J connectivity index is 1.42. The highest BCUT2D eigenvalue weighted by Crippen LogP contribution is 2.35. The van der Waals surface area contributed by atoms with Crippen LogP contribution in [0.1, 0.15) is 81.2 Å². The largest absolute Gasteiger partial charge is 0.331 e. The van der Waals surface area contributed by atoms with E-state index in [1.165, 1.54) is 43.4 Å². The second kappa shape index (κ2) is 7.76. The maximum absolute atomic E-state index is 12.1. The molecule has 0 bridgehead atoms. The van der Waals surface area contributed by atoms with Gasteiger partial charge in [0.2, 0.25) is 5.95 Å². The average molecular weight is 395 g/mol. The van der Waals surface area contributed by atoms with Crippen LogP contribution in [0, 0.1) is 0 Å². The maximum atomic E-state index is 12.1.